The first kappa shape index (κ1) is 12.7. The van der Waals surface area contributed by atoms with Crippen LogP contribution in [0.3, 0.4) is 0 Å². The maximum absolute atomic E-state index is 5.57. The molecular formula is C13H15N3OS. The van der Waals surface area contributed by atoms with Gasteiger partial charge in [0, 0.05) is 6.07 Å². The molecule has 1 heterocycles. The fourth-order valence-electron chi connectivity index (χ4n) is 1.41. The molecule has 0 unspecified atom stereocenters. The van der Waals surface area contributed by atoms with E-state index in [2.05, 4.69) is 15.3 Å². The van der Waals surface area contributed by atoms with E-state index in [4.69, 9.17) is 4.74 Å². The Morgan fingerprint density at radius 1 is 1.22 bits per heavy atom. The summed E-state index contributed by atoms with van der Waals surface area (Å²) >= 11 is 1.60. The SMILES string of the molecule is CSc1cc(NCCOc2ccccc2)ncn1. The normalized spacial score (nSPS) is 10.1. The molecule has 5 heteroatoms. The lowest BCUT2D eigenvalue weighted by atomic mass is 10.3. The van der Waals surface area contributed by atoms with Gasteiger partial charge in [-0.2, -0.15) is 0 Å². The Bertz CT molecular complexity index is 479. The van der Waals surface area contributed by atoms with E-state index in [0.29, 0.717) is 13.2 Å². The summed E-state index contributed by atoms with van der Waals surface area (Å²) in [4.78, 5) is 8.26. The quantitative estimate of drug-likeness (QED) is 0.492. The van der Waals surface area contributed by atoms with Crippen LogP contribution in [-0.4, -0.2) is 29.4 Å². The molecule has 0 bridgehead atoms. The highest BCUT2D eigenvalue weighted by Crippen LogP contribution is 2.13. The molecule has 0 amide bonds. The monoisotopic (exact) mass is 261 g/mol. The van der Waals surface area contributed by atoms with E-state index >= 15 is 0 Å². The Balaban J connectivity index is 1.75. The van der Waals surface area contributed by atoms with Crippen molar-refractivity contribution < 1.29 is 4.74 Å². The Morgan fingerprint density at radius 3 is 2.83 bits per heavy atom. The average Bonchev–Trinajstić information content (AvgIpc) is 2.45. The number of hydrogen-bond donors (Lipinski definition) is 1. The summed E-state index contributed by atoms with van der Waals surface area (Å²) in [6.07, 6.45) is 3.55. The van der Waals surface area contributed by atoms with Gasteiger partial charge in [0.1, 0.15) is 29.5 Å². The molecule has 2 aromatic rings. The van der Waals surface area contributed by atoms with Crippen molar-refractivity contribution in [2.45, 2.75) is 5.03 Å². The molecule has 0 aliphatic rings. The zero-order valence-corrected chi connectivity index (χ0v) is 11.0. The lowest BCUT2D eigenvalue weighted by Gasteiger charge is -2.08. The number of nitrogens with zero attached hydrogens (tertiary/aromatic N) is 2. The number of rotatable bonds is 6. The summed E-state index contributed by atoms with van der Waals surface area (Å²) in [5.41, 5.74) is 0. The van der Waals surface area contributed by atoms with Gasteiger partial charge in [-0.05, 0) is 18.4 Å². The van der Waals surface area contributed by atoms with E-state index in [1.54, 1.807) is 18.1 Å². The van der Waals surface area contributed by atoms with E-state index in [1.807, 2.05) is 42.7 Å². The maximum atomic E-state index is 5.57. The van der Waals surface area contributed by atoms with Crippen molar-refractivity contribution in [3.8, 4) is 5.75 Å². The summed E-state index contributed by atoms with van der Waals surface area (Å²) in [7, 11) is 0. The van der Waals surface area contributed by atoms with E-state index in [1.165, 1.54) is 0 Å². The average molecular weight is 261 g/mol. The van der Waals surface area contributed by atoms with Gasteiger partial charge in [0.05, 0.1) is 6.54 Å². The van der Waals surface area contributed by atoms with E-state index < -0.39 is 0 Å². The molecule has 1 aromatic heterocycles. The van der Waals surface area contributed by atoms with Gasteiger partial charge < -0.3 is 10.1 Å². The van der Waals surface area contributed by atoms with Crippen LogP contribution in [0.25, 0.3) is 0 Å². The second kappa shape index (κ2) is 6.86. The van der Waals surface area contributed by atoms with Crippen LogP contribution in [0.15, 0.2) is 47.8 Å². The molecule has 0 saturated carbocycles. The first-order valence-corrected chi connectivity index (χ1v) is 6.89. The van der Waals surface area contributed by atoms with Crippen molar-refractivity contribution in [2.75, 3.05) is 24.7 Å². The lowest BCUT2D eigenvalue weighted by molar-refractivity contribution is 0.332. The van der Waals surface area contributed by atoms with Crippen molar-refractivity contribution >= 4 is 17.6 Å². The molecule has 0 radical (unpaired) electrons. The van der Waals surface area contributed by atoms with Gasteiger partial charge in [0.15, 0.2) is 0 Å². The van der Waals surface area contributed by atoms with Crippen LogP contribution in [0, 0.1) is 0 Å². The van der Waals surface area contributed by atoms with Crippen LogP contribution < -0.4 is 10.1 Å². The predicted molar refractivity (Wildman–Crippen MR) is 74.2 cm³/mol. The minimum absolute atomic E-state index is 0.600. The number of para-hydroxylation sites is 1. The summed E-state index contributed by atoms with van der Waals surface area (Å²) in [5.74, 6) is 1.71. The number of thioether (sulfide) groups is 1. The molecular weight excluding hydrogens is 246 g/mol. The van der Waals surface area contributed by atoms with Crippen LogP contribution in [0.2, 0.25) is 0 Å². The number of ether oxygens (including phenoxy) is 1. The zero-order valence-electron chi connectivity index (χ0n) is 10.2. The number of nitrogens with one attached hydrogen (secondary N) is 1. The summed E-state index contributed by atoms with van der Waals surface area (Å²) in [6.45, 7) is 1.31. The third-order valence-corrected chi connectivity index (χ3v) is 2.91. The molecule has 18 heavy (non-hydrogen) atoms. The molecule has 1 aromatic carbocycles. The third-order valence-electron chi connectivity index (χ3n) is 2.27. The van der Waals surface area contributed by atoms with Crippen LogP contribution in [0.5, 0.6) is 5.75 Å². The third kappa shape index (κ3) is 3.92. The first-order valence-electron chi connectivity index (χ1n) is 5.66. The standard InChI is InChI=1S/C13H15N3OS/c1-18-13-9-12(15-10-16-13)14-7-8-17-11-5-3-2-4-6-11/h2-6,9-10H,7-8H2,1H3,(H,14,15,16). The number of anilines is 1. The molecule has 0 atom stereocenters. The van der Waals surface area contributed by atoms with Crippen molar-refractivity contribution in [3.05, 3.63) is 42.7 Å². The highest BCUT2D eigenvalue weighted by molar-refractivity contribution is 7.98. The smallest absolute Gasteiger partial charge is 0.130 e. The molecule has 0 spiro atoms. The van der Waals surface area contributed by atoms with Gasteiger partial charge in [-0.1, -0.05) is 18.2 Å². The lowest BCUT2D eigenvalue weighted by Crippen LogP contribution is -2.12. The molecule has 0 aliphatic carbocycles. The Labute approximate surface area is 111 Å². The minimum atomic E-state index is 0.600. The van der Waals surface area contributed by atoms with Crippen molar-refractivity contribution in [2.24, 2.45) is 0 Å². The van der Waals surface area contributed by atoms with Crippen molar-refractivity contribution in [1.29, 1.82) is 0 Å². The van der Waals surface area contributed by atoms with Crippen molar-refractivity contribution in [3.63, 3.8) is 0 Å². The molecule has 94 valence electrons. The molecule has 2 rings (SSSR count). The van der Waals surface area contributed by atoms with Gasteiger partial charge in [-0.25, -0.2) is 9.97 Å². The first-order chi connectivity index (χ1) is 8.88. The van der Waals surface area contributed by atoms with Gasteiger partial charge in [-0.3, -0.25) is 0 Å². The van der Waals surface area contributed by atoms with Crippen molar-refractivity contribution in [1.82, 2.24) is 9.97 Å². The Hall–Kier alpha value is -1.75. The zero-order chi connectivity index (χ0) is 12.6. The fraction of sp³-hybridized carbons (Fsp3) is 0.231. The van der Waals surface area contributed by atoms with Gasteiger partial charge in [-0.15, -0.1) is 11.8 Å². The molecule has 0 aliphatic heterocycles. The number of hydrogen-bond acceptors (Lipinski definition) is 5. The summed E-state index contributed by atoms with van der Waals surface area (Å²) in [6, 6.07) is 11.7. The van der Waals surface area contributed by atoms with E-state index in [-0.39, 0.29) is 0 Å². The van der Waals surface area contributed by atoms with Gasteiger partial charge in [0.25, 0.3) is 0 Å². The molecule has 0 fully saturated rings. The minimum Gasteiger partial charge on any atom is -0.492 e. The van der Waals surface area contributed by atoms with Gasteiger partial charge in [0.2, 0.25) is 0 Å². The van der Waals surface area contributed by atoms with E-state index in [0.717, 1.165) is 16.6 Å². The molecule has 1 N–H and O–H groups in total. The molecule has 0 saturated heterocycles. The highest BCUT2D eigenvalue weighted by Gasteiger charge is 1.97. The van der Waals surface area contributed by atoms with E-state index in [9.17, 15) is 0 Å². The number of benzene rings is 1. The highest BCUT2D eigenvalue weighted by atomic mass is 32.2. The number of aromatic nitrogens is 2. The topological polar surface area (TPSA) is 47.0 Å². The largest absolute Gasteiger partial charge is 0.492 e. The van der Waals surface area contributed by atoms with Crippen LogP contribution >= 0.6 is 11.8 Å². The van der Waals surface area contributed by atoms with Gasteiger partial charge >= 0.3 is 0 Å². The Kier molecular flexibility index (Phi) is 4.84. The van der Waals surface area contributed by atoms with Crippen LogP contribution in [0.1, 0.15) is 0 Å². The second-order valence-electron chi connectivity index (χ2n) is 3.53. The summed E-state index contributed by atoms with van der Waals surface area (Å²) < 4.78 is 5.57. The molecule has 4 nitrogen and oxygen atoms in total. The summed E-state index contributed by atoms with van der Waals surface area (Å²) in [5, 5.41) is 4.16. The fourth-order valence-corrected chi connectivity index (χ4v) is 1.79. The maximum Gasteiger partial charge on any atom is 0.130 e. The Morgan fingerprint density at radius 2 is 2.06 bits per heavy atom. The van der Waals surface area contributed by atoms with Crippen LogP contribution in [-0.2, 0) is 0 Å². The second-order valence-corrected chi connectivity index (χ2v) is 4.36. The van der Waals surface area contributed by atoms with Crippen LogP contribution in [0.4, 0.5) is 5.82 Å². The predicted octanol–water partition coefficient (Wildman–Crippen LogP) is 2.69.